The molecule has 0 aliphatic rings. The fraction of sp³-hybridized carbons (Fsp3) is 0.238. The lowest BCUT2D eigenvalue weighted by Gasteiger charge is -2.10. The van der Waals surface area contributed by atoms with Gasteiger partial charge >= 0.3 is 5.97 Å². The predicted molar refractivity (Wildman–Crippen MR) is 107 cm³/mol. The largest absolute Gasteiger partial charge is 0.493 e. The van der Waals surface area contributed by atoms with Crippen LogP contribution in [0.4, 0.5) is 5.69 Å². The zero-order valence-electron chi connectivity index (χ0n) is 16.4. The molecular weight excluding hydrogens is 376 g/mol. The molecule has 0 spiro atoms. The van der Waals surface area contributed by atoms with Crippen molar-refractivity contribution in [1.82, 2.24) is 5.32 Å². The van der Waals surface area contributed by atoms with E-state index in [0.717, 1.165) is 0 Å². The molecule has 0 heterocycles. The van der Waals surface area contributed by atoms with Crippen LogP contribution in [-0.4, -0.2) is 30.5 Å². The first-order chi connectivity index (χ1) is 13.8. The van der Waals surface area contributed by atoms with Crippen molar-refractivity contribution in [1.29, 1.82) is 0 Å². The van der Waals surface area contributed by atoms with Gasteiger partial charge in [0.25, 0.3) is 11.6 Å². The summed E-state index contributed by atoms with van der Waals surface area (Å²) in [6.45, 7) is 4.62. The van der Waals surface area contributed by atoms with Crippen LogP contribution >= 0.6 is 0 Å². The van der Waals surface area contributed by atoms with E-state index in [4.69, 9.17) is 9.47 Å². The van der Waals surface area contributed by atoms with Gasteiger partial charge in [-0.15, -0.1) is 0 Å². The van der Waals surface area contributed by atoms with E-state index in [0.29, 0.717) is 29.4 Å². The van der Waals surface area contributed by atoms with Crippen molar-refractivity contribution in [2.75, 3.05) is 13.7 Å². The Morgan fingerprint density at radius 2 is 1.86 bits per heavy atom. The molecular formula is C21H22N2O6. The maximum Gasteiger partial charge on any atom is 0.354 e. The molecule has 0 aliphatic heterocycles. The van der Waals surface area contributed by atoms with Crippen LogP contribution in [0.2, 0.25) is 0 Å². The van der Waals surface area contributed by atoms with Gasteiger partial charge in [0.1, 0.15) is 11.4 Å². The molecule has 0 aliphatic carbocycles. The van der Waals surface area contributed by atoms with Crippen molar-refractivity contribution in [2.45, 2.75) is 13.8 Å². The second-order valence-electron chi connectivity index (χ2n) is 6.59. The smallest absolute Gasteiger partial charge is 0.354 e. The van der Waals surface area contributed by atoms with Gasteiger partial charge in [-0.05, 0) is 41.8 Å². The first kappa shape index (κ1) is 21.6. The van der Waals surface area contributed by atoms with E-state index in [1.54, 1.807) is 30.3 Å². The molecule has 0 unspecified atom stereocenters. The minimum absolute atomic E-state index is 0.133. The number of nitrogens with zero attached hydrogens (tertiary/aromatic N) is 1. The average molecular weight is 398 g/mol. The van der Waals surface area contributed by atoms with E-state index in [9.17, 15) is 19.7 Å². The highest BCUT2D eigenvalue weighted by atomic mass is 16.6. The number of nitrogens with one attached hydrogen (secondary N) is 1. The van der Waals surface area contributed by atoms with Crippen LogP contribution < -0.4 is 10.1 Å². The topological polar surface area (TPSA) is 108 Å². The molecule has 29 heavy (non-hydrogen) atoms. The number of hydrogen-bond acceptors (Lipinski definition) is 6. The number of rotatable bonds is 8. The normalized spacial score (nSPS) is 11.1. The quantitative estimate of drug-likeness (QED) is 0.315. The van der Waals surface area contributed by atoms with Crippen molar-refractivity contribution in [2.24, 2.45) is 5.92 Å². The van der Waals surface area contributed by atoms with Crippen LogP contribution in [0.25, 0.3) is 6.08 Å². The zero-order chi connectivity index (χ0) is 21.4. The number of ether oxygens (including phenoxy) is 2. The lowest BCUT2D eigenvalue weighted by atomic mass is 10.1. The summed E-state index contributed by atoms with van der Waals surface area (Å²) in [6.07, 6.45) is 1.32. The zero-order valence-corrected chi connectivity index (χ0v) is 16.4. The number of non-ortho nitro benzene ring substituents is 1. The van der Waals surface area contributed by atoms with Gasteiger partial charge in [0.05, 0.1) is 18.6 Å². The molecule has 0 radical (unpaired) electrons. The molecule has 8 heteroatoms. The number of carbonyl (C=O) groups is 2. The number of hydrogen-bond donors (Lipinski definition) is 1. The molecule has 152 valence electrons. The molecule has 0 fully saturated rings. The van der Waals surface area contributed by atoms with Gasteiger partial charge in [-0.2, -0.15) is 0 Å². The highest BCUT2D eigenvalue weighted by Gasteiger charge is 2.16. The Morgan fingerprint density at radius 3 is 2.45 bits per heavy atom. The lowest BCUT2D eigenvalue weighted by Crippen LogP contribution is -2.28. The van der Waals surface area contributed by atoms with E-state index in [1.807, 2.05) is 13.8 Å². The first-order valence-corrected chi connectivity index (χ1v) is 8.89. The first-order valence-electron chi connectivity index (χ1n) is 8.89. The molecule has 2 aromatic carbocycles. The lowest BCUT2D eigenvalue weighted by molar-refractivity contribution is -0.384. The summed E-state index contributed by atoms with van der Waals surface area (Å²) in [7, 11) is 1.18. The number of amides is 1. The third kappa shape index (κ3) is 6.46. The summed E-state index contributed by atoms with van der Waals surface area (Å²) in [5.74, 6) is -0.292. The third-order valence-corrected chi connectivity index (χ3v) is 3.75. The van der Waals surface area contributed by atoms with Crippen LogP contribution in [0.15, 0.2) is 54.2 Å². The van der Waals surface area contributed by atoms with Gasteiger partial charge in [0, 0.05) is 17.7 Å². The number of esters is 1. The van der Waals surface area contributed by atoms with E-state index < -0.39 is 16.8 Å². The van der Waals surface area contributed by atoms with Crippen LogP contribution in [0.1, 0.15) is 29.8 Å². The molecule has 1 N–H and O–H groups in total. The summed E-state index contributed by atoms with van der Waals surface area (Å²) in [5, 5.41) is 13.4. The molecule has 0 saturated carbocycles. The van der Waals surface area contributed by atoms with Crippen LogP contribution in [0.5, 0.6) is 5.75 Å². The molecule has 1 amide bonds. The number of benzene rings is 2. The number of methoxy groups -OCH3 is 1. The molecule has 0 atom stereocenters. The maximum absolute atomic E-state index is 12.5. The second-order valence-corrected chi connectivity index (χ2v) is 6.59. The number of nitro benzene ring substituents is 1. The van der Waals surface area contributed by atoms with Crippen molar-refractivity contribution in [3.63, 3.8) is 0 Å². The Labute approximate surface area is 168 Å². The van der Waals surface area contributed by atoms with Crippen LogP contribution in [-0.2, 0) is 9.53 Å². The minimum atomic E-state index is -0.776. The second kappa shape index (κ2) is 10.0. The molecule has 0 saturated heterocycles. The van der Waals surface area contributed by atoms with Gasteiger partial charge in [-0.1, -0.05) is 26.0 Å². The van der Waals surface area contributed by atoms with Gasteiger partial charge in [-0.3, -0.25) is 14.9 Å². The SMILES string of the molecule is COC(=O)C(=Cc1cccc([N+](=O)[O-])c1)NC(=O)c1ccc(OCC(C)C)cc1. The minimum Gasteiger partial charge on any atom is -0.493 e. The van der Waals surface area contributed by atoms with E-state index in [-0.39, 0.29) is 11.4 Å². The Kier molecular flexibility index (Phi) is 7.47. The summed E-state index contributed by atoms with van der Waals surface area (Å²) in [4.78, 5) is 34.9. The predicted octanol–water partition coefficient (Wildman–Crippen LogP) is 3.57. The summed E-state index contributed by atoms with van der Waals surface area (Å²) in [5.41, 5.74) is 0.414. The highest BCUT2D eigenvalue weighted by Crippen LogP contribution is 2.17. The van der Waals surface area contributed by atoms with Crippen LogP contribution in [0.3, 0.4) is 0 Å². The van der Waals surface area contributed by atoms with Crippen molar-refractivity contribution in [3.8, 4) is 5.75 Å². The Hall–Kier alpha value is -3.68. The van der Waals surface area contributed by atoms with E-state index in [2.05, 4.69) is 5.32 Å². The van der Waals surface area contributed by atoms with E-state index in [1.165, 1.54) is 31.4 Å². The Balaban J connectivity index is 2.19. The summed E-state index contributed by atoms with van der Waals surface area (Å²) < 4.78 is 10.3. The monoisotopic (exact) mass is 398 g/mol. The van der Waals surface area contributed by atoms with Crippen molar-refractivity contribution in [3.05, 3.63) is 75.5 Å². The maximum atomic E-state index is 12.5. The van der Waals surface area contributed by atoms with Gasteiger partial charge in [0.15, 0.2) is 0 Å². The molecule has 0 aromatic heterocycles. The van der Waals surface area contributed by atoms with Crippen molar-refractivity contribution >= 4 is 23.6 Å². The number of nitro groups is 1. The van der Waals surface area contributed by atoms with Gasteiger partial charge in [0.2, 0.25) is 0 Å². The standard InChI is InChI=1S/C21H22N2O6/c1-14(2)13-29-18-9-7-16(8-10-18)20(24)22-19(21(25)28-3)12-15-5-4-6-17(11-15)23(26)27/h4-12,14H,13H2,1-3H3,(H,22,24). The fourth-order valence-corrected chi connectivity index (χ4v) is 2.31. The Morgan fingerprint density at radius 1 is 1.17 bits per heavy atom. The summed E-state index contributed by atoms with van der Waals surface area (Å²) in [6, 6.07) is 12.2. The Bertz CT molecular complexity index is 919. The molecule has 0 bridgehead atoms. The van der Waals surface area contributed by atoms with Crippen LogP contribution in [0, 0.1) is 16.0 Å². The average Bonchev–Trinajstić information content (AvgIpc) is 2.71. The van der Waals surface area contributed by atoms with Gasteiger partial charge < -0.3 is 14.8 Å². The molecule has 2 rings (SSSR count). The molecule has 2 aromatic rings. The van der Waals surface area contributed by atoms with Crippen molar-refractivity contribution < 1.29 is 24.0 Å². The third-order valence-electron chi connectivity index (χ3n) is 3.75. The number of carbonyl (C=O) groups excluding carboxylic acids is 2. The van der Waals surface area contributed by atoms with E-state index >= 15 is 0 Å². The fourth-order valence-electron chi connectivity index (χ4n) is 2.31. The van der Waals surface area contributed by atoms with Gasteiger partial charge in [-0.25, -0.2) is 4.79 Å². The molecule has 8 nitrogen and oxygen atoms in total. The summed E-state index contributed by atoms with van der Waals surface area (Å²) >= 11 is 0. The highest BCUT2D eigenvalue weighted by molar-refractivity contribution is 6.03.